The number of unbranched alkanes of at least 4 members (excludes halogenated alkanes) is 1. The van der Waals surface area contributed by atoms with Gasteiger partial charge in [-0.15, -0.1) is 0 Å². The van der Waals surface area contributed by atoms with Crippen molar-refractivity contribution in [2.24, 2.45) is 17.4 Å². The summed E-state index contributed by atoms with van der Waals surface area (Å²) in [5, 5.41) is 20.3. The minimum absolute atomic E-state index is 0.0735. The van der Waals surface area contributed by atoms with Gasteiger partial charge in [-0.25, -0.2) is 4.79 Å². The lowest BCUT2D eigenvalue weighted by Crippen LogP contribution is -2.57. The molecule has 0 aromatic heterocycles. The van der Waals surface area contributed by atoms with Gasteiger partial charge < -0.3 is 37.8 Å². The molecule has 4 atom stereocenters. The van der Waals surface area contributed by atoms with Crippen LogP contribution >= 0.6 is 0 Å². The van der Waals surface area contributed by atoms with Crippen LogP contribution in [0.4, 0.5) is 0 Å². The highest BCUT2D eigenvalue weighted by Gasteiger charge is 2.31. The zero-order valence-corrected chi connectivity index (χ0v) is 20.1. The molecule has 0 spiro atoms. The molecule has 1 saturated heterocycles. The Kier molecular flexibility index (Phi) is 13.1. The molecule has 0 bridgehead atoms. The maximum absolute atomic E-state index is 13.0. The van der Waals surface area contributed by atoms with Crippen molar-refractivity contribution >= 4 is 29.6 Å². The summed E-state index contributed by atoms with van der Waals surface area (Å²) in [7, 11) is 0. The van der Waals surface area contributed by atoms with Gasteiger partial charge in [0, 0.05) is 6.42 Å². The SMILES string of the molecule is CC(C)CC(NC(=O)C1CCCN1)C(=O)NC(CCC(N)=O)C(=O)NC(CCCCN)C(=O)O. The van der Waals surface area contributed by atoms with E-state index in [1.807, 2.05) is 13.8 Å². The number of carboxylic acids is 1. The molecule has 1 rings (SSSR count). The third-order valence-corrected chi connectivity index (χ3v) is 5.59. The summed E-state index contributed by atoms with van der Waals surface area (Å²) in [6.45, 7) is 4.92. The summed E-state index contributed by atoms with van der Waals surface area (Å²) in [6, 6.07) is -3.61. The Hall–Kier alpha value is -2.73. The first-order chi connectivity index (χ1) is 16.0. The molecular formula is C22H40N6O6. The van der Waals surface area contributed by atoms with E-state index in [-0.39, 0.29) is 37.1 Å². The number of aliphatic carboxylic acids is 1. The Morgan fingerprint density at radius 3 is 2.15 bits per heavy atom. The van der Waals surface area contributed by atoms with Crippen LogP contribution in [0, 0.1) is 5.92 Å². The van der Waals surface area contributed by atoms with Gasteiger partial charge in [-0.2, -0.15) is 0 Å². The number of amides is 4. The van der Waals surface area contributed by atoms with Gasteiger partial charge in [0.25, 0.3) is 0 Å². The van der Waals surface area contributed by atoms with Gasteiger partial charge in [-0.3, -0.25) is 19.2 Å². The fourth-order valence-corrected chi connectivity index (χ4v) is 3.73. The predicted octanol–water partition coefficient (Wildman–Crippen LogP) is -1.28. The predicted molar refractivity (Wildman–Crippen MR) is 125 cm³/mol. The molecule has 0 saturated carbocycles. The normalized spacial score (nSPS) is 18.1. The van der Waals surface area contributed by atoms with Crippen LogP contribution in [0.2, 0.25) is 0 Å². The fraction of sp³-hybridized carbons (Fsp3) is 0.773. The lowest BCUT2D eigenvalue weighted by atomic mass is 10.0. The largest absolute Gasteiger partial charge is 0.480 e. The van der Waals surface area contributed by atoms with Crippen LogP contribution < -0.4 is 32.7 Å². The zero-order valence-electron chi connectivity index (χ0n) is 20.1. The van der Waals surface area contributed by atoms with E-state index in [4.69, 9.17) is 11.5 Å². The van der Waals surface area contributed by atoms with Crippen LogP contribution in [0.1, 0.15) is 65.2 Å². The van der Waals surface area contributed by atoms with Gasteiger partial charge >= 0.3 is 5.97 Å². The summed E-state index contributed by atoms with van der Waals surface area (Å²) in [5.41, 5.74) is 10.7. The molecule has 1 aliphatic heterocycles. The van der Waals surface area contributed by atoms with E-state index >= 15 is 0 Å². The number of nitrogens with one attached hydrogen (secondary N) is 4. The average Bonchev–Trinajstić information content (AvgIpc) is 3.29. The molecule has 0 aromatic rings. The van der Waals surface area contributed by atoms with Crippen LogP contribution in [0.25, 0.3) is 0 Å². The summed E-state index contributed by atoms with van der Waals surface area (Å²) in [4.78, 5) is 61.3. The van der Waals surface area contributed by atoms with Crippen LogP contribution in [0.5, 0.6) is 0 Å². The molecule has 12 nitrogen and oxygen atoms in total. The van der Waals surface area contributed by atoms with Gasteiger partial charge in [-0.1, -0.05) is 13.8 Å². The second-order valence-electron chi connectivity index (χ2n) is 9.09. The summed E-state index contributed by atoms with van der Waals surface area (Å²) in [6.07, 6.45) is 2.87. The lowest BCUT2D eigenvalue weighted by Gasteiger charge is -2.26. The smallest absolute Gasteiger partial charge is 0.326 e. The molecule has 0 aliphatic carbocycles. The van der Waals surface area contributed by atoms with E-state index in [1.165, 1.54) is 0 Å². The second kappa shape index (κ2) is 15.2. The topological polar surface area (TPSA) is 206 Å². The van der Waals surface area contributed by atoms with Crippen molar-refractivity contribution < 1.29 is 29.1 Å². The average molecular weight is 485 g/mol. The number of primary amides is 1. The summed E-state index contributed by atoms with van der Waals surface area (Å²) in [5.74, 6) is -3.41. The second-order valence-corrected chi connectivity index (χ2v) is 9.09. The number of carboxylic acid groups (broad SMARTS) is 1. The standard InChI is InChI=1S/C22H40N6O6/c1-13(2)12-17(28-19(30)14-7-5-11-25-14)21(32)26-15(8-9-18(24)29)20(31)27-16(22(33)34)6-3-4-10-23/h13-17,25H,3-12,23H2,1-2H3,(H2,24,29)(H,26,32)(H,27,31)(H,28,30)(H,33,34). The van der Waals surface area contributed by atoms with Crippen molar-refractivity contribution in [2.45, 2.75) is 89.4 Å². The van der Waals surface area contributed by atoms with Gasteiger partial charge in [0.05, 0.1) is 6.04 Å². The molecule has 4 unspecified atom stereocenters. The van der Waals surface area contributed by atoms with E-state index < -0.39 is 41.8 Å². The molecule has 1 fully saturated rings. The molecule has 0 radical (unpaired) electrons. The number of nitrogens with two attached hydrogens (primary N) is 2. The Labute approximate surface area is 200 Å². The Bertz CT molecular complexity index is 710. The molecule has 194 valence electrons. The van der Waals surface area contributed by atoms with Crippen molar-refractivity contribution in [3.63, 3.8) is 0 Å². The van der Waals surface area contributed by atoms with Crippen molar-refractivity contribution in [3.05, 3.63) is 0 Å². The molecule has 4 amide bonds. The van der Waals surface area contributed by atoms with Crippen LogP contribution in [-0.4, -0.2) is 72.0 Å². The lowest BCUT2D eigenvalue weighted by molar-refractivity contribution is -0.142. The van der Waals surface area contributed by atoms with Gasteiger partial charge in [0.1, 0.15) is 18.1 Å². The number of hydrogen-bond donors (Lipinski definition) is 7. The third kappa shape index (κ3) is 10.9. The maximum Gasteiger partial charge on any atom is 0.326 e. The summed E-state index contributed by atoms with van der Waals surface area (Å²) >= 11 is 0. The quantitative estimate of drug-likeness (QED) is 0.131. The molecule has 12 heteroatoms. The molecule has 0 aromatic carbocycles. The van der Waals surface area contributed by atoms with Crippen LogP contribution in [-0.2, 0) is 24.0 Å². The Morgan fingerprint density at radius 2 is 1.62 bits per heavy atom. The fourth-order valence-electron chi connectivity index (χ4n) is 3.73. The number of carbonyl (C=O) groups excluding carboxylic acids is 4. The van der Waals surface area contributed by atoms with E-state index in [9.17, 15) is 29.1 Å². The first-order valence-electron chi connectivity index (χ1n) is 11.9. The Morgan fingerprint density at radius 1 is 0.971 bits per heavy atom. The van der Waals surface area contributed by atoms with E-state index in [1.54, 1.807) is 0 Å². The molecule has 9 N–H and O–H groups in total. The van der Waals surface area contributed by atoms with Gasteiger partial charge in [0.2, 0.25) is 23.6 Å². The molecule has 34 heavy (non-hydrogen) atoms. The Balaban J connectivity index is 2.91. The summed E-state index contributed by atoms with van der Waals surface area (Å²) < 4.78 is 0. The maximum atomic E-state index is 13.0. The van der Waals surface area contributed by atoms with Gasteiger partial charge in [-0.05, 0) is 64.0 Å². The van der Waals surface area contributed by atoms with Crippen LogP contribution in [0.3, 0.4) is 0 Å². The first-order valence-corrected chi connectivity index (χ1v) is 11.9. The number of hydrogen-bond acceptors (Lipinski definition) is 7. The monoisotopic (exact) mass is 484 g/mol. The van der Waals surface area contributed by atoms with Crippen molar-refractivity contribution in [1.29, 1.82) is 0 Å². The molecule has 1 aliphatic rings. The highest BCUT2D eigenvalue weighted by atomic mass is 16.4. The molecular weight excluding hydrogens is 444 g/mol. The highest BCUT2D eigenvalue weighted by Crippen LogP contribution is 2.10. The minimum atomic E-state index is -1.21. The third-order valence-electron chi connectivity index (χ3n) is 5.59. The minimum Gasteiger partial charge on any atom is -0.480 e. The molecule has 1 heterocycles. The van der Waals surface area contributed by atoms with Crippen LogP contribution in [0.15, 0.2) is 0 Å². The van der Waals surface area contributed by atoms with E-state index in [0.717, 1.165) is 13.0 Å². The van der Waals surface area contributed by atoms with E-state index in [2.05, 4.69) is 21.3 Å². The first kappa shape index (κ1) is 29.3. The number of rotatable bonds is 16. The zero-order chi connectivity index (χ0) is 25.7. The van der Waals surface area contributed by atoms with Gasteiger partial charge in [0.15, 0.2) is 0 Å². The van der Waals surface area contributed by atoms with Crippen molar-refractivity contribution in [1.82, 2.24) is 21.3 Å². The van der Waals surface area contributed by atoms with Crippen molar-refractivity contribution in [2.75, 3.05) is 13.1 Å². The highest BCUT2D eigenvalue weighted by molar-refractivity contribution is 5.94. The van der Waals surface area contributed by atoms with Crippen molar-refractivity contribution in [3.8, 4) is 0 Å². The van der Waals surface area contributed by atoms with E-state index in [0.29, 0.717) is 32.2 Å². The number of carbonyl (C=O) groups is 5.